The number of halogens is 3. The van der Waals surface area contributed by atoms with Crippen LogP contribution in [0.5, 0.6) is 5.75 Å². The van der Waals surface area contributed by atoms with Gasteiger partial charge in [0, 0.05) is 33.8 Å². The van der Waals surface area contributed by atoms with Gasteiger partial charge in [0.1, 0.15) is 11.6 Å². The van der Waals surface area contributed by atoms with E-state index < -0.39 is 16.9 Å². The number of aliphatic imine (C=N–C) groups is 1. The predicted octanol–water partition coefficient (Wildman–Crippen LogP) is 6.67. The van der Waals surface area contributed by atoms with Crippen molar-refractivity contribution in [1.82, 2.24) is 10.6 Å². The van der Waals surface area contributed by atoms with Crippen LogP contribution in [0.1, 0.15) is 54.5 Å². The Hall–Kier alpha value is -3.44. The smallest absolute Gasteiger partial charge is 0.276 e. The molecule has 2 aliphatic rings. The van der Waals surface area contributed by atoms with Gasteiger partial charge in [0.05, 0.1) is 11.1 Å². The lowest BCUT2D eigenvalue weighted by atomic mass is 9.59. The summed E-state index contributed by atoms with van der Waals surface area (Å²) in [5, 5.41) is 15.9. The normalized spacial score (nSPS) is 21.9. The summed E-state index contributed by atoms with van der Waals surface area (Å²) in [5.41, 5.74) is 2.16. The number of carbonyl (C=O) groups excluding carboxylic acids is 1. The number of piperidine rings is 1. The highest BCUT2D eigenvalue weighted by Crippen LogP contribution is 2.57. The van der Waals surface area contributed by atoms with Crippen molar-refractivity contribution >= 4 is 41.0 Å². The second kappa shape index (κ2) is 10.3. The molecule has 0 unspecified atom stereocenters. The quantitative estimate of drug-likeness (QED) is 0.267. The van der Waals surface area contributed by atoms with E-state index in [0.29, 0.717) is 28.8 Å². The highest BCUT2D eigenvalue weighted by atomic mass is 35.5. The number of rotatable bonds is 5. The van der Waals surface area contributed by atoms with Crippen LogP contribution < -0.4 is 15.4 Å². The van der Waals surface area contributed by atoms with Gasteiger partial charge in [0.2, 0.25) is 0 Å². The lowest BCUT2D eigenvalue weighted by Gasteiger charge is -2.48. The fourth-order valence-corrected chi connectivity index (χ4v) is 6.17. The molecule has 200 valence electrons. The van der Waals surface area contributed by atoms with Gasteiger partial charge in [0.25, 0.3) is 5.91 Å². The topological polar surface area (TPSA) is 86.5 Å². The zero-order valence-corrected chi connectivity index (χ0v) is 23.2. The Morgan fingerprint density at radius 3 is 2.67 bits per heavy atom. The molecule has 1 amide bonds. The molecule has 3 aromatic rings. The van der Waals surface area contributed by atoms with Crippen LogP contribution in [0.3, 0.4) is 0 Å². The molecule has 2 heterocycles. The Balaban J connectivity index is 1.72. The molecule has 2 aliphatic heterocycles. The first-order chi connectivity index (χ1) is 18.6. The zero-order chi connectivity index (χ0) is 27.9. The summed E-state index contributed by atoms with van der Waals surface area (Å²) in [7, 11) is 0. The first-order valence-corrected chi connectivity index (χ1v) is 13.3. The van der Waals surface area contributed by atoms with Gasteiger partial charge in [-0.2, -0.15) is 5.26 Å². The molecule has 0 saturated carbocycles. The molecule has 39 heavy (non-hydrogen) atoms. The van der Waals surface area contributed by atoms with Gasteiger partial charge in [-0.05, 0) is 92.9 Å². The Morgan fingerprint density at radius 2 is 1.90 bits per heavy atom. The van der Waals surface area contributed by atoms with Crippen LogP contribution in [-0.2, 0) is 10.2 Å². The third-order valence-corrected chi connectivity index (χ3v) is 8.13. The maximum absolute atomic E-state index is 14.6. The number of fused-ring (bicyclic) bond motifs is 2. The summed E-state index contributed by atoms with van der Waals surface area (Å²) in [5.74, 6) is -0.644. The second-order valence-corrected chi connectivity index (χ2v) is 11.3. The van der Waals surface area contributed by atoms with Crippen LogP contribution in [0.15, 0.2) is 59.6 Å². The molecule has 1 fully saturated rings. The Labute approximate surface area is 236 Å². The van der Waals surface area contributed by atoms with Gasteiger partial charge < -0.3 is 10.1 Å². The molecule has 5 rings (SSSR count). The highest BCUT2D eigenvalue weighted by Gasteiger charge is 2.53. The molecule has 3 aromatic carbocycles. The predicted molar refractivity (Wildman–Crippen MR) is 150 cm³/mol. The second-order valence-electron chi connectivity index (χ2n) is 10.4. The molecular weight excluding hydrogens is 538 g/mol. The molecule has 9 heteroatoms. The van der Waals surface area contributed by atoms with Crippen molar-refractivity contribution in [3.63, 3.8) is 0 Å². The van der Waals surface area contributed by atoms with Gasteiger partial charge in [0.15, 0.2) is 11.8 Å². The van der Waals surface area contributed by atoms with E-state index in [4.69, 9.17) is 38.2 Å². The van der Waals surface area contributed by atoms with Crippen LogP contribution in [0.25, 0.3) is 0 Å². The van der Waals surface area contributed by atoms with E-state index >= 15 is 0 Å². The summed E-state index contributed by atoms with van der Waals surface area (Å²) in [6.45, 7) is 5.80. The van der Waals surface area contributed by atoms with Gasteiger partial charge in [-0.1, -0.05) is 35.3 Å². The van der Waals surface area contributed by atoms with Crippen LogP contribution >= 0.6 is 23.2 Å². The number of carbonyl (C=O) groups is 1. The van der Waals surface area contributed by atoms with E-state index in [9.17, 15) is 9.18 Å². The summed E-state index contributed by atoms with van der Waals surface area (Å²) in [6, 6.07) is 15.4. The molecule has 1 saturated heterocycles. The molecule has 0 aromatic heterocycles. The van der Waals surface area contributed by atoms with Gasteiger partial charge >= 0.3 is 0 Å². The van der Waals surface area contributed by atoms with Crippen molar-refractivity contribution in [2.24, 2.45) is 4.99 Å². The minimum absolute atomic E-state index is 0.221. The molecular formula is C30H27Cl2FN4O2. The van der Waals surface area contributed by atoms with Gasteiger partial charge in [-0.15, -0.1) is 0 Å². The van der Waals surface area contributed by atoms with Crippen LogP contribution in [0.4, 0.5) is 10.1 Å². The average molecular weight is 565 g/mol. The van der Waals surface area contributed by atoms with Crippen molar-refractivity contribution in [3.05, 3.63) is 92.7 Å². The van der Waals surface area contributed by atoms with Crippen molar-refractivity contribution in [3.8, 4) is 11.9 Å². The first kappa shape index (κ1) is 27.1. The van der Waals surface area contributed by atoms with Gasteiger partial charge in [-0.3, -0.25) is 15.1 Å². The number of nitriles is 1. The van der Waals surface area contributed by atoms with Crippen molar-refractivity contribution in [1.29, 1.82) is 5.26 Å². The Kier molecular flexibility index (Phi) is 7.15. The number of nitrogens with zero attached hydrogens (tertiary/aromatic N) is 2. The molecule has 2 N–H and O–H groups in total. The largest absolute Gasteiger partial charge is 0.478 e. The van der Waals surface area contributed by atoms with Crippen LogP contribution in [0, 0.1) is 24.2 Å². The van der Waals surface area contributed by atoms with Crippen molar-refractivity contribution in [2.75, 3.05) is 6.54 Å². The zero-order valence-electron chi connectivity index (χ0n) is 21.7. The van der Waals surface area contributed by atoms with Crippen molar-refractivity contribution in [2.45, 2.75) is 50.2 Å². The van der Waals surface area contributed by atoms with E-state index in [1.165, 1.54) is 6.07 Å². The monoisotopic (exact) mass is 564 g/mol. The molecule has 6 nitrogen and oxygen atoms in total. The maximum Gasteiger partial charge on any atom is 0.276 e. The highest BCUT2D eigenvalue weighted by molar-refractivity contribution is 6.31. The van der Waals surface area contributed by atoms with Gasteiger partial charge in [-0.25, -0.2) is 4.39 Å². The lowest BCUT2D eigenvalue weighted by molar-refractivity contribution is -0.133. The third-order valence-electron chi connectivity index (χ3n) is 7.66. The van der Waals surface area contributed by atoms with Crippen LogP contribution in [-0.4, -0.2) is 24.3 Å². The number of benzene rings is 3. The molecule has 0 radical (unpaired) electrons. The Morgan fingerprint density at radius 1 is 1.15 bits per heavy atom. The van der Waals surface area contributed by atoms with E-state index in [2.05, 4.69) is 10.6 Å². The van der Waals surface area contributed by atoms with Crippen LogP contribution in [0.2, 0.25) is 10.0 Å². The standard InChI is InChI=1S/C30H27Cl2FN4O2/c1-17-4-7-20(33)14-21(17)27-30(15-36-25-13-19(32)5-8-24(25)30)23(10-11-35-27)22-12-18(31)6-9-26(22)39-29(2,3)28(38)37-16-34/h4-9,12-15,23,27,35H,10-11H2,1-3H3,(H,37,38)/t23-,27-,30+/m0/s1. The fourth-order valence-electron chi connectivity index (χ4n) is 5.82. The minimum atomic E-state index is -1.34. The number of hydrogen-bond acceptors (Lipinski definition) is 5. The summed E-state index contributed by atoms with van der Waals surface area (Å²) in [4.78, 5) is 17.4. The molecule has 3 atom stereocenters. The van der Waals surface area contributed by atoms with Crippen molar-refractivity contribution < 1.29 is 13.9 Å². The summed E-state index contributed by atoms with van der Waals surface area (Å²) >= 11 is 12.9. The lowest BCUT2D eigenvalue weighted by Crippen LogP contribution is -2.52. The van der Waals surface area contributed by atoms with E-state index in [1.54, 1.807) is 44.3 Å². The third kappa shape index (κ3) is 4.78. The average Bonchev–Trinajstić information content (AvgIpc) is 3.25. The number of amides is 1. The van der Waals surface area contributed by atoms with E-state index in [0.717, 1.165) is 27.9 Å². The summed E-state index contributed by atoms with van der Waals surface area (Å²) in [6.07, 6.45) is 4.28. The minimum Gasteiger partial charge on any atom is -0.478 e. The van der Waals surface area contributed by atoms with E-state index in [1.807, 2.05) is 37.4 Å². The number of nitrogens with one attached hydrogen (secondary N) is 2. The summed E-state index contributed by atoms with van der Waals surface area (Å²) < 4.78 is 20.9. The molecule has 0 aliphatic carbocycles. The number of ether oxygens (including phenoxy) is 1. The fraction of sp³-hybridized carbons (Fsp3) is 0.300. The maximum atomic E-state index is 14.6. The first-order valence-electron chi connectivity index (χ1n) is 12.6. The van der Waals surface area contributed by atoms with E-state index in [-0.39, 0.29) is 17.8 Å². The SMILES string of the molecule is Cc1ccc(F)cc1[C@@H]1NCC[C@@H](c2cc(Cl)ccc2OC(C)(C)C(=O)NC#N)[C@@]12C=Nc1cc(Cl)ccc12. The molecule has 1 spiro atoms. The Bertz CT molecular complexity index is 1530. The molecule has 0 bridgehead atoms. The number of hydrogen-bond donors (Lipinski definition) is 2. The number of aryl methyl sites for hydroxylation is 1.